The Hall–Kier alpha value is -0.540. The van der Waals surface area contributed by atoms with Crippen LogP contribution >= 0.6 is 11.8 Å². The maximum atomic E-state index is 4.62. The van der Waals surface area contributed by atoms with Crippen LogP contribution in [-0.2, 0) is 0 Å². The van der Waals surface area contributed by atoms with Gasteiger partial charge in [-0.1, -0.05) is 33.3 Å². The number of likely N-dealkylation sites (tertiary alicyclic amines) is 1. The number of thioether (sulfide) groups is 1. The van der Waals surface area contributed by atoms with Gasteiger partial charge in [0.1, 0.15) is 0 Å². The molecule has 3 heteroatoms. The zero-order valence-electron chi connectivity index (χ0n) is 12.4. The lowest BCUT2D eigenvalue weighted by Crippen LogP contribution is -2.34. The van der Waals surface area contributed by atoms with Crippen molar-refractivity contribution in [2.45, 2.75) is 62.8 Å². The second-order valence-corrected chi connectivity index (χ2v) is 7.24. The van der Waals surface area contributed by atoms with Gasteiger partial charge in [0.2, 0.25) is 0 Å². The summed E-state index contributed by atoms with van der Waals surface area (Å²) < 4.78 is 0. The van der Waals surface area contributed by atoms with E-state index >= 15 is 0 Å². The fourth-order valence-corrected chi connectivity index (χ4v) is 3.57. The number of hydrogen-bond donors (Lipinski definition) is 0. The minimum Gasteiger partial charge on any atom is -0.296 e. The third-order valence-corrected chi connectivity index (χ3v) is 4.58. The van der Waals surface area contributed by atoms with E-state index in [9.17, 15) is 0 Å². The van der Waals surface area contributed by atoms with Crippen LogP contribution in [0, 0.1) is 0 Å². The average Bonchev–Trinajstić information content (AvgIpc) is 2.40. The summed E-state index contributed by atoms with van der Waals surface area (Å²) in [6, 6.07) is 5.08. The number of rotatable bonds is 5. The first-order chi connectivity index (χ1) is 9.20. The van der Waals surface area contributed by atoms with Crippen molar-refractivity contribution in [3.63, 3.8) is 0 Å². The van der Waals surface area contributed by atoms with E-state index in [1.165, 1.54) is 44.3 Å². The Balaban J connectivity index is 2.06. The van der Waals surface area contributed by atoms with Gasteiger partial charge in [-0.3, -0.25) is 4.90 Å². The first-order valence-corrected chi connectivity index (χ1v) is 8.45. The van der Waals surface area contributed by atoms with E-state index in [-0.39, 0.29) is 0 Å². The second kappa shape index (κ2) is 7.30. The highest BCUT2D eigenvalue weighted by molar-refractivity contribution is 7.99. The summed E-state index contributed by atoms with van der Waals surface area (Å²) in [6.45, 7) is 9.16. The molecule has 1 aliphatic rings. The second-order valence-electron chi connectivity index (χ2n) is 5.64. The van der Waals surface area contributed by atoms with Crippen molar-refractivity contribution in [1.82, 2.24) is 9.88 Å². The Morgan fingerprint density at radius 3 is 2.84 bits per heavy atom. The standard InChI is InChI=1S/C16H26N2S/c1-4-10-18-11-6-5-7-15(18)14-8-9-16(17-12-14)19-13(2)3/h8-9,12-13,15H,4-7,10-11H2,1-3H3/t15-/m0/s1. The minimum absolute atomic E-state index is 0.597. The van der Waals surface area contributed by atoms with Crippen LogP contribution in [0.5, 0.6) is 0 Å². The lowest BCUT2D eigenvalue weighted by molar-refractivity contribution is 0.148. The lowest BCUT2D eigenvalue weighted by Gasteiger charge is -2.35. The molecule has 0 amide bonds. The highest BCUT2D eigenvalue weighted by Gasteiger charge is 2.23. The van der Waals surface area contributed by atoms with E-state index in [0.29, 0.717) is 11.3 Å². The van der Waals surface area contributed by atoms with Crippen LogP contribution in [0.2, 0.25) is 0 Å². The predicted octanol–water partition coefficient (Wildman–Crippen LogP) is 4.52. The van der Waals surface area contributed by atoms with E-state index < -0.39 is 0 Å². The van der Waals surface area contributed by atoms with Crippen molar-refractivity contribution in [3.05, 3.63) is 23.9 Å². The van der Waals surface area contributed by atoms with Crippen molar-refractivity contribution in [3.8, 4) is 0 Å². The molecule has 1 aromatic rings. The van der Waals surface area contributed by atoms with E-state index in [0.717, 1.165) is 5.03 Å². The third-order valence-electron chi connectivity index (χ3n) is 3.62. The van der Waals surface area contributed by atoms with Gasteiger partial charge >= 0.3 is 0 Å². The van der Waals surface area contributed by atoms with Gasteiger partial charge in [-0.05, 0) is 44.0 Å². The van der Waals surface area contributed by atoms with Crippen molar-refractivity contribution in [2.24, 2.45) is 0 Å². The van der Waals surface area contributed by atoms with E-state index in [1.807, 2.05) is 11.8 Å². The summed E-state index contributed by atoms with van der Waals surface area (Å²) in [6.07, 6.45) is 7.34. The molecular formula is C16H26N2S. The van der Waals surface area contributed by atoms with E-state index in [2.05, 4.69) is 49.0 Å². The van der Waals surface area contributed by atoms with Crippen LogP contribution in [0.15, 0.2) is 23.4 Å². The summed E-state index contributed by atoms with van der Waals surface area (Å²) in [7, 11) is 0. The topological polar surface area (TPSA) is 16.1 Å². The van der Waals surface area contributed by atoms with Crippen LogP contribution in [0.4, 0.5) is 0 Å². The first kappa shape index (κ1) is 14.9. The lowest BCUT2D eigenvalue weighted by atomic mass is 9.96. The highest BCUT2D eigenvalue weighted by atomic mass is 32.2. The molecule has 0 spiro atoms. The summed E-state index contributed by atoms with van der Waals surface area (Å²) in [5.41, 5.74) is 1.40. The maximum Gasteiger partial charge on any atom is 0.0962 e. The molecule has 106 valence electrons. The molecule has 0 unspecified atom stereocenters. The largest absolute Gasteiger partial charge is 0.296 e. The van der Waals surface area contributed by atoms with Gasteiger partial charge in [-0.15, -0.1) is 11.8 Å². The van der Waals surface area contributed by atoms with Gasteiger partial charge in [0, 0.05) is 17.5 Å². The third kappa shape index (κ3) is 4.22. The predicted molar refractivity (Wildman–Crippen MR) is 83.7 cm³/mol. The van der Waals surface area contributed by atoms with Crippen LogP contribution in [-0.4, -0.2) is 28.2 Å². The molecule has 1 fully saturated rings. The van der Waals surface area contributed by atoms with Crippen molar-refractivity contribution < 1.29 is 0 Å². The Morgan fingerprint density at radius 2 is 2.21 bits per heavy atom. The van der Waals surface area contributed by atoms with Crippen molar-refractivity contribution in [2.75, 3.05) is 13.1 Å². The highest BCUT2D eigenvalue weighted by Crippen LogP contribution is 2.31. The zero-order chi connectivity index (χ0) is 13.7. The van der Waals surface area contributed by atoms with Crippen molar-refractivity contribution in [1.29, 1.82) is 0 Å². The SMILES string of the molecule is CCCN1CCCC[C@H]1c1ccc(SC(C)C)nc1. The number of piperidine rings is 1. The molecule has 0 aromatic carbocycles. The van der Waals surface area contributed by atoms with Gasteiger partial charge in [-0.25, -0.2) is 4.98 Å². The molecule has 0 N–H and O–H groups in total. The van der Waals surface area contributed by atoms with Gasteiger partial charge in [0.25, 0.3) is 0 Å². The van der Waals surface area contributed by atoms with Crippen molar-refractivity contribution >= 4 is 11.8 Å². The molecule has 0 aliphatic carbocycles. The van der Waals surface area contributed by atoms with Crippen LogP contribution in [0.3, 0.4) is 0 Å². The van der Waals surface area contributed by atoms with Gasteiger partial charge in [0.15, 0.2) is 0 Å². The van der Waals surface area contributed by atoms with E-state index in [1.54, 1.807) is 0 Å². The van der Waals surface area contributed by atoms with Crippen LogP contribution < -0.4 is 0 Å². The number of aromatic nitrogens is 1. The summed E-state index contributed by atoms with van der Waals surface area (Å²) in [4.78, 5) is 7.26. The number of pyridine rings is 1. The molecule has 0 saturated carbocycles. The monoisotopic (exact) mass is 278 g/mol. The Morgan fingerprint density at radius 1 is 1.37 bits per heavy atom. The summed E-state index contributed by atoms with van der Waals surface area (Å²) in [5, 5.41) is 1.75. The van der Waals surface area contributed by atoms with Gasteiger partial charge < -0.3 is 0 Å². The Kier molecular flexibility index (Phi) is 5.71. The molecule has 0 bridgehead atoms. The average molecular weight is 278 g/mol. The Labute approximate surface area is 122 Å². The molecule has 0 radical (unpaired) electrons. The summed E-state index contributed by atoms with van der Waals surface area (Å²) in [5.74, 6) is 0. The zero-order valence-corrected chi connectivity index (χ0v) is 13.2. The van der Waals surface area contributed by atoms with Gasteiger partial charge in [0.05, 0.1) is 5.03 Å². The fourth-order valence-electron chi connectivity index (χ4n) is 2.82. The fraction of sp³-hybridized carbons (Fsp3) is 0.688. The molecule has 2 nitrogen and oxygen atoms in total. The number of hydrogen-bond acceptors (Lipinski definition) is 3. The van der Waals surface area contributed by atoms with Gasteiger partial charge in [-0.2, -0.15) is 0 Å². The van der Waals surface area contributed by atoms with Crippen LogP contribution in [0.25, 0.3) is 0 Å². The number of nitrogens with zero attached hydrogens (tertiary/aromatic N) is 2. The maximum absolute atomic E-state index is 4.62. The van der Waals surface area contributed by atoms with Crippen LogP contribution in [0.1, 0.15) is 58.1 Å². The normalized spacial score (nSPS) is 20.9. The molecular weight excluding hydrogens is 252 g/mol. The molecule has 2 rings (SSSR count). The Bertz CT molecular complexity index is 373. The smallest absolute Gasteiger partial charge is 0.0962 e. The first-order valence-electron chi connectivity index (χ1n) is 7.57. The summed E-state index contributed by atoms with van der Waals surface area (Å²) >= 11 is 1.84. The molecule has 19 heavy (non-hydrogen) atoms. The van der Waals surface area contributed by atoms with E-state index in [4.69, 9.17) is 0 Å². The molecule has 1 saturated heterocycles. The minimum atomic E-state index is 0.597. The molecule has 2 heterocycles. The quantitative estimate of drug-likeness (QED) is 0.737. The molecule has 1 aromatic heterocycles. The molecule has 1 atom stereocenters. The molecule has 1 aliphatic heterocycles.